The largest absolute Gasteiger partial charge is 0.478 e. The average molecular weight is 411 g/mol. The number of aryl methyl sites for hydroxylation is 1. The second kappa shape index (κ2) is 7.38. The molecule has 1 heterocycles. The summed E-state index contributed by atoms with van der Waals surface area (Å²) < 4.78 is 14.6. The van der Waals surface area contributed by atoms with E-state index < -0.39 is 11.8 Å². The molecule has 5 heteroatoms. The van der Waals surface area contributed by atoms with Crippen molar-refractivity contribution >= 4 is 39.0 Å². The normalized spacial score (nSPS) is 11.1. The fourth-order valence-electron chi connectivity index (χ4n) is 3.34. The van der Waals surface area contributed by atoms with Crippen molar-refractivity contribution < 1.29 is 14.3 Å². The van der Waals surface area contributed by atoms with Crippen molar-refractivity contribution in [3.05, 3.63) is 93.1 Å². The predicted molar refractivity (Wildman–Crippen MR) is 113 cm³/mol. The molecule has 0 aliphatic heterocycles. The van der Waals surface area contributed by atoms with Gasteiger partial charge in [0, 0.05) is 16.0 Å². The molecule has 1 aromatic heterocycles. The molecule has 0 aliphatic rings. The van der Waals surface area contributed by atoms with Gasteiger partial charge in [0.15, 0.2) is 0 Å². The van der Waals surface area contributed by atoms with E-state index in [1.54, 1.807) is 41.7 Å². The number of aromatic carboxylic acids is 1. The summed E-state index contributed by atoms with van der Waals surface area (Å²) in [5.41, 5.74) is 4.29. The first-order valence-corrected chi connectivity index (χ1v) is 9.92. The molecule has 28 heavy (non-hydrogen) atoms. The highest BCUT2D eigenvalue weighted by Crippen LogP contribution is 2.39. The fraction of sp³-hybridized carbons (Fsp3) is 0.0870. The zero-order valence-electron chi connectivity index (χ0n) is 15.0. The van der Waals surface area contributed by atoms with E-state index in [9.17, 15) is 14.3 Å². The number of rotatable bonds is 4. The van der Waals surface area contributed by atoms with Crippen LogP contribution in [0.2, 0.25) is 5.02 Å². The monoisotopic (exact) mass is 410 g/mol. The molecule has 0 unspecified atom stereocenters. The van der Waals surface area contributed by atoms with E-state index in [-0.39, 0.29) is 10.6 Å². The van der Waals surface area contributed by atoms with Crippen LogP contribution in [0.4, 0.5) is 4.39 Å². The van der Waals surface area contributed by atoms with Gasteiger partial charge in [-0.25, -0.2) is 9.18 Å². The average Bonchev–Trinajstić information content (AvgIpc) is 3.00. The summed E-state index contributed by atoms with van der Waals surface area (Å²) in [6.07, 6.45) is 0.666. The minimum Gasteiger partial charge on any atom is -0.478 e. The van der Waals surface area contributed by atoms with Gasteiger partial charge in [0.1, 0.15) is 5.82 Å². The Kier molecular flexibility index (Phi) is 4.92. The number of fused-ring (bicyclic) bond motifs is 1. The van der Waals surface area contributed by atoms with Crippen molar-refractivity contribution in [2.75, 3.05) is 0 Å². The smallest absolute Gasteiger partial charge is 0.335 e. The highest BCUT2D eigenvalue weighted by atomic mass is 35.5. The number of hydrogen-bond donors (Lipinski definition) is 1. The number of carboxylic acids is 1. The van der Waals surface area contributed by atoms with Crippen LogP contribution in [-0.2, 0) is 6.42 Å². The lowest BCUT2D eigenvalue weighted by atomic mass is 10.00. The molecule has 4 aromatic rings. The molecule has 0 bridgehead atoms. The van der Waals surface area contributed by atoms with Gasteiger partial charge in [-0.3, -0.25) is 0 Å². The van der Waals surface area contributed by atoms with E-state index in [1.807, 2.05) is 18.2 Å². The molecule has 0 saturated carbocycles. The van der Waals surface area contributed by atoms with Crippen molar-refractivity contribution in [2.45, 2.75) is 13.3 Å². The fourth-order valence-corrected chi connectivity index (χ4v) is 4.92. The van der Waals surface area contributed by atoms with E-state index in [2.05, 4.69) is 13.0 Å². The summed E-state index contributed by atoms with van der Waals surface area (Å²) in [6, 6.07) is 17.9. The number of hydrogen-bond acceptors (Lipinski definition) is 2. The third-order valence-corrected chi connectivity index (χ3v) is 6.46. The Hall–Kier alpha value is -2.69. The van der Waals surface area contributed by atoms with Crippen molar-refractivity contribution in [1.82, 2.24) is 0 Å². The van der Waals surface area contributed by atoms with Gasteiger partial charge < -0.3 is 5.11 Å². The summed E-state index contributed by atoms with van der Waals surface area (Å²) in [5, 5.41) is 10.6. The molecule has 2 nitrogen and oxygen atoms in total. The lowest BCUT2D eigenvalue weighted by molar-refractivity contribution is 0.0697. The summed E-state index contributed by atoms with van der Waals surface area (Å²) in [4.78, 5) is 12.5. The van der Waals surface area contributed by atoms with E-state index in [4.69, 9.17) is 11.6 Å². The minimum atomic E-state index is -0.940. The van der Waals surface area contributed by atoms with E-state index in [0.717, 1.165) is 26.8 Å². The maximum Gasteiger partial charge on any atom is 0.335 e. The van der Waals surface area contributed by atoms with E-state index >= 15 is 0 Å². The molecule has 0 radical (unpaired) electrons. The molecule has 0 spiro atoms. The Morgan fingerprint density at radius 2 is 1.89 bits per heavy atom. The first-order valence-electron chi connectivity index (χ1n) is 8.72. The molecule has 1 N–H and O–H groups in total. The molecule has 4 rings (SSSR count). The highest BCUT2D eigenvalue weighted by Gasteiger charge is 2.14. The van der Waals surface area contributed by atoms with E-state index in [1.165, 1.54) is 16.5 Å². The van der Waals surface area contributed by atoms with E-state index in [0.29, 0.717) is 6.42 Å². The van der Waals surface area contributed by atoms with Crippen LogP contribution in [0.25, 0.3) is 21.2 Å². The van der Waals surface area contributed by atoms with Crippen molar-refractivity contribution in [1.29, 1.82) is 0 Å². The van der Waals surface area contributed by atoms with Crippen molar-refractivity contribution in [3.8, 4) is 11.1 Å². The Morgan fingerprint density at radius 1 is 1.11 bits per heavy atom. The van der Waals surface area contributed by atoms with Crippen LogP contribution < -0.4 is 0 Å². The number of thiophene rings is 1. The molecule has 3 aromatic carbocycles. The van der Waals surface area contributed by atoms with Crippen LogP contribution in [-0.4, -0.2) is 11.1 Å². The van der Waals surface area contributed by atoms with Gasteiger partial charge in [0.25, 0.3) is 0 Å². The minimum absolute atomic E-state index is 0.127. The number of carboxylic acid groups (broad SMARTS) is 1. The number of carbonyl (C=O) groups is 1. The first-order chi connectivity index (χ1) is 13.4. The maximum absolute atomic E-state index is 13.4. The Morgan fingerprint density at radius 3 is 2.64 bits per heavy atom. The van der Waals surface area contributed by atoms with Gasteiger partial charge in [-0.1, -0.05) is 48.0 Å². The standard InChI is InChI=1S/C23H16ClFO2S/c1-13-17-6-3-7-18(15-4-2-5-16(12-15)23(26)27)22(17)28-21(13)11-14-8-9-20(25)19(24)10-14/h2-10,12H,11H2,1H3,(H,26,27). The quantitative estimate of drug-likeness (QED) is 0.395. The van der Waals surface area contributed by atoms with Gasteiger partial charge >= 0.3 is 5.97 Å². The van der Waals surface area contributed by atoms with Crippen molar-refractivity contribution in [2.24, 2.45) is 0 Å². The lowest BCUT2D eigenvalue weighted by Crippen LogP contribution is -1.95. The third kappa shape index (κ3) is 3.41. The van der Waals surface area contributed by atoms with Crippen LogP contribution in [0.5, 0.6) is 0 Å². The lowest BCUT2D eigenvalue weighted by Gasteiger charge is -2.05. The van der Waals surface area contributed by atoms with Crippen LogP contribution >= 0.6 is 22.9 Å². The summed E-state index contributed by atoms with van der Waals surface area (Å²) in [5.74, 6) is -1.36. The molecule has 140 valence electrons. The third-order valence-electron chi connectivity index (χ3n) is 4.83. The zero-order valence-corrected chi connectivity index (χ0v) is 16.6. The molecule has 0 aliphatic carbocycles. The van der Waals surface area contributed by atoms with Crippen LogP contribution in [0, 0.1) is 12.7 Å². The molecular formula is C23H16ClFO2S. The molecule has 0 fully saturated rings. The van der Waals surface area contributed by atoms with Gasteiger partial charge in [-0.2, -0.15) is 0 Å². The second-order valence-corrected chi connectivity index (χ2v) is 8.16. The van der Waals surface area contributed by atoms with Crippen LogP contribution in [0.3, 0.4) is 0 Å². The predicted octanol–water partition coefficient (Wildman–Crippen LogP) is 6.96. The summed E-state index contributed by atoms with van der Waals surface area (Å²) >= 11 is 7.60. The zero-order chi connectivity index (χ0) is 19.8. The summed E-state index contributed by atoms with van der Waals surface area (Å²) in [7, 11) is 0. The second-order valence-electron chi connectivity index (χ2n) is 6.64. The molecule has 0 saturated heterocycles. The topological polar surface area (TPSA) is 37.3 Å². The summed E-state index contributed by atoms with van der Waals surface area (Å²) in [6.45, 7) is 2.08. The Bertz CT molecular complexity index is 1210. The Labute approximate surface area is 170 Å². The highest BCUT2D eigenvalue weighted by molar-refractivity contribution is 7.19. The molecule has 0 amide bonds. The van der Waals surface area contributed by atoms with Gasteiger partial charge in [-0.05, 0) is 58.8 Å². The number of benzene rings is 3. The molecule has 0 atom stereocenters. The van der Waals surface area contributed by atoms with Gasteiger partial charge in [0.05, 0.1) is 10.6 Å². The maximum atomic E-state index is 13.4. The Balaban J connectivity index is 1.81. The molecular weight excluding hydrogens is 395 g/mol. The SMILES string of the molecule is Cc1c(Cc2ccc(F)c(Cl)c2)sc2c(-c3cccc(C(=O)O)c3)cccc12. The first kappa shape index (κ1) is 18.7. The van der Waals surface area contributed by atoms with Crippen LogP contribution in [0.15, 0.2) is 60.7 Å². The van der Waals surface area contributed by atoms with Crippen molar-refractivity contribution in [3.63, 3.8) is 0 Å². The van der Waals surface area contributed by atoms with Gasteiger partial charge in [0.2, 0.25) is 0 Å². The number of halogens is 2. The van der Waals surface area contributed by atoms with Crippen LogP contribution in [0.1, 0.15) is 26.4 Å². The van der Waals surface area contributed by atoms with Gasteiger partial charge in [-0.15, -0.1) is 11.3 Å².